The van der Waals surface area contributed by atoms with Crippen molar-refractivity contribution >= 4 is 0 Å². The van der Waals surface area contributed by atoms with Gasteiger partial charge in [-0.1, -0.05) is 13.8 Å². The predicted octanol–water partition coefficient (Wildman–Crippen LogP) is 2.66. The molecule has 1 aliphatic heterocycles. The fourth-order valence-corrected chi connectivity index (χ4v) is 2.75. The van der Waals surface area contributed by atoms with Gasteiger partial charge in [0, 0.05) is 38.3 Å². The molecule has 0 spiro atoms. The maximum atomic E-state index is 13.7. The summed E-state index contributed by atoms with van der Waals surface area (Å²) in [6, 6.07) is 3.22. The SMILES string of the molecule is CC(C)CCN1CCN(CC(O)c2cc(F)ccc2F)CC1. The molecule has 3 nitrogen and oxygen atoms in total. The fourth-order valence-electron chi connectivity index (χ4n) is 2.75. The zero-order chi connectivity index (χ0) is 16.1. The van der Waals surface area contributed by atoms with Gasteiger partial charge < -0.3 is 10.0 Å². The Kier molecular flexibility index (Phi) is 6.29. The second kappa shape index (κ2) is 7.99. The number of nitrogens with zero attached hydrogens (tertiary/aromatic N) is 2. The van der Waals surface area contributed by atoms with Crippen molar-refractivity contribution in [2.75, 3.05) is 39.3 Å². The van der Waals surface area contributed by atoms with Crippen LogP contribution < -0.4 is 0 Å². The van der Waals surface area contributed by atoms with Gasteiger partial charge in [-0.3, -0.25) is 4.90 Å². The predicted molar refractivity (Wildman–Crippen MR) is 83.7 cm³/mol. The quantitative estimate of drug-likeness (QED) is 0.875. The van der Waals surface area contributed by atoms with Gasteiger partial charge in [-0.25, -0.2) is 8.78 Å². The van der Waals surface area contributed by atoms with Gasteiger partial charge in [-0.2, -0.15) is 0 Å². The van der Waals surface area contributed by atoms with E-state index in [1.165, 1.54) is 6.42 Å². The molecule has 1 N–H and O–H groups in total. The molecule has 0 radical (unpaired) electrons. The molecular weight excluding hydrogens is 286 g/mol. The summed E-state index contributed by atoms with van der Waals surface area (Å²) >= 11 is 0. The molecule has 2 rings (SSSR count). The summed E-state index contributed by atoms with van der Waals surface area (Å²) < 4.78 is 26.8. The van der Waals surface area contributed by atoms with Crippen LogP contribution in [0.5, 0.6) is 0 Å². The Labute approximate surface area is 131 Å². The van der Waals surface area contributed by atoms with Gasteiger partial charge in [0.15, 0.2) is 0 Å². The lowest BCUT2D eigenvalue weighted by Gasteiger charge is -2.36. The van der Waals surface area contributed by atoms with Crippen molar-refractivity contribution in [3.8, 4) is 0 Å². The number of benzene rings is 1. The van der Waals surface area contributed by atoms with Crippen molar-refractivity contribution in [2.24, 2.45) is 5.92 Å². The molecule has 0 saturated carbocycles. The summed E-state index contributed by atoms with van der Waals surface area (Å²) in [5, 5.41) is 10.2. The van der Waals surface area contributed by atoms with Crippen LogP contribution in [0.15, 0.2) is 18.2 Å². The van der Waals surface area contributed by atoms with Crippen LogP contribution in [0.1, 0.15) is 31.9 Å². The van der Waals surface area contributed by atoms with E-state index in [4.69, 9.17) is 0 Å². The maximum absolute atomic E-state index is 13.7. The molecule has 1 aromatic rings. The number of hydrogen-bond acceptors (Lipinski definition) is 3. The first-order valence-electron chi connectivity index (χ1n) is 8.03. The lowest BCUT2D eigenvalue weighted by atomic mass is 10.1. The Morgan fingerprint density at radius 2 is 1.73 bits per heavy atom. The normalized spacial score (nSPS) is 18.8. The molecule has 0 amide bonds. The van der Waals surface area contributed by atoms with Crippen molar-refractivity contribution in [1.29, 1.82) is 0 Å². The second-order valence-corrected chi connectivity index (χ2v) is 6.51. The molecule has 1 aromatic carbocycles. The van der Waals surface area contributed by atoms with E-state index in [0.29, 0.717) is 12.5 Å². The number of piperazine rings is 1. The molecule has 0 aromatic heterocycles. The average molecular weight is 312 g/mol. The third kappa shape index (κ3) is 5.00. The summed E-state index contributed by atoms with van der Waals surface area (Å²) in [4.78, 5) is 4.53. The van der Waals surface area contributed by atoms with Crippen molar-refractivity contribution < 1.29 is 13.9 Å². The van der Waals surface area contributed by atoms with Gasteiger partial charge in [0.1, 0.15) is 11.6 Å². The molecule has 0 aliphatic carbocycles. The Hall–Kier alpha value is -1.04. The van der Waals surface area contributed by atoms with E-state index in [1.807, 2.05) is 0 Å². The third-order valence-corrected chi connectivity index (χ3v) is 4.24. The summed E-state index contributed by atoms with van der Waals surface area (Å²) in [5.74, 6) is -0.366. The van der Waals surface area contributed by atoms with E-state index in [2.05, 4.69) is 23.6 Å². The molecule has 1 atom stereocenters. The fraction of sp³-hybridized carbons (Fsp3) is 0.647. The molecule has 22 heavy (non-hydrogen) atoms. The number of halogens is 2. The average Bonchev–Trinajstić information content (AvgIpc) is 2.49. The highest BCUT2D eigenvalue weighted by atomic mass is 19.1. The Morgan fingerprint density at radius 3 is 2.36 bits per heavy atom. The zero-order valence-electron chi connectivity index (χ0n) is 13.4. The Balaban J connectivity index is 1.81. The van der Waals surface area contributed by atoms with E-state index in [-0.39, 0.29) is 5.56 Å². The largest absolute Gasteiger partial charge is 0.387 e. The first kappa shape index (κ1) is 17.3. The molecule has 1 fully saturated rings. The summed E-state index contributed by atoms with van der Waals surface area (Å²) in [5.41, 5.74) is 0.0437. The standard InChI is InChI=1S/C17H26F2N2O/c1-13(2)5-6-20-7-9-21(10-8-20)12-17(22)15-11-14(18)3-4-16(15)19/h3-4,11,13,17,22H,5-10,12H2,1-2H3. The number of hydrogen-bond donors (Lipinski definition) is 1. The van der Waals surface area contributed by atoms with E-state index in [9.17, 15) is 13.9 Å². The highest BCUT2D eigenvalue weighted by molar-refractivity contribution is 5.21. The van der Waals surface area contributed by atoms with Crippen LogP contribution in [0.4, 0.5) is 8.78 Å². The van der Waals surface area contributed by atoms with Crippen LogP contribution in [0.3, 0.4) is 0 Å². The minimum absolute atomic E-state index is 0.0437. The second-order valence-electron chi connectivity index (χ2n) is 6.51. The summed E-state index contributed by atoms with van der Waals surface area (Å²) in [6.45, 7) is 9.53. The van der Waals surface area contributed by atoms with Crippen molar-refractivity contribution in [3.63, 3.8) is 0 Å². The lowest BCUT2D eigenvalue weighted by molar-refractivity contribution is 0.0693. The zero-order valence-corrected chi connectivity index (χ0v) is 13.4. The highest BCUT2D eigenvalue weighted by Gasteiger charge is 2.21. The smallest absolute Gasteiger partial charge is 0.129 e. The van der Waals surface area contributed by atoms with Crippen molar-refractivity contribution in [1.82, 2.24) is 9.80 Å². The van der Waals surface area contributed by atoms with Gasteiger partial charge in [-0.05, 0) is 37.1 Å². The van der Waals surface area contributed by atoms with Crippen LogP contribution in [-0.2, 0) is 0 Å². The van der Waals surface area contributed by atoms with E-state index in [0.717, 1.165) is 50.9 Å². The summed E-state index contributed by atoms with van der Waals surface area (Å²) in [7, 11) is 0. The van der Waals surface area contributed by atoms with Crippen molar-refractivity contribution in [3.05, 3.63) is 35.4 Å². The van der Waals surface area contributed by atoms with Gasteiger partial charge in [-0.15, -0.1) is 0 Å². The molecule has 1 saturated heterocycles. The number of β-amino-alcohol motifs (C(OH)–C–C–N with tert-alkyl or cyclic N) is 1. The van der Waals surface area contributed by atoms with Crippen LogP contribution in [0.2, 0.25) is 0 Å². The number of aliphatic hydroxyl groups is 1. The molecule has 124 valence electrons. The first-order chi connectivity index (χ1) is 10.5. The first-order valence-corrected chi connectivity index (χ1v) is 8.03. The molecule has 1 heterocycles. The number of aliphatic hydroxyl groups excluding tert-OH is 1. The topological polar surface area (TPSA) is 26.7 Å². The molecule has 1 aliphatic rings. The molecule has 5 heteroatoms. The molecule has 1 unspecified atom stereocenters. The monoisotopic (exact) mass is 312 g/mol. The van der Waals surface area contributed by atoms with Gasteiger partial charge >= 0.3 is 0 Å². The van der Waals surface area contributed by atoms with E-state index < -0.39 is 17.7 Å². The maximum Gasteiger partial charge on any atom is 0.129 e. The molecular formula is C17H26F2N2O. The van der Waals surface area contributed by atoms with Gasteiger partial charge in [0.25, 0.3) is 0 Å². The number of rotatable bonds is 6. The van der Waals surface area contributed by atoms with Gasteiger partial charge in [0.05, 0.1) is 6.10 Å². The Morgan fingerprint density at radius 1 is 1.09 bits per heavy atom. The van der Waals surface area contributed by atoms with Crippen LogP contribution in [0, 0.1) is 17.6 Å². The van der Waals surface area contributed by atoms with E-state index in [1.54, 1.807) is 0 Å². The summed E-state index contributed by atoms with van der Waals surface area (Å²) in [6.07, 6.45) is 0.204. The molecule has 0 bridgehead atoms. The van der Waals surface area contributed by atoms with E-state index >= 15 is 0 Å². The van der Waals surface area contributed by atoms with Crippen LogP contribution in [-0.4, -0.2) is 54.2 Å². The Bertz CT molecular complexity index is 474. The minimum Gasteiger partial charge on any atom is -0.387 e. The van der Waals surface area contributed by atoms with Gasteiger partial charge in [0.2, 0.25) is 0 Å². The van der Waals surface area contributed by atoms with Crippen molar-refractivity contribution in [2.45, 2.75) is 26.4 Å². The van der Waals surface area contributed by atoms with Crippen LogP contribution >= 0.6 is 0 Å². The lowest BCUT2D eigenvalue weighted by Crippen LogP contribution is -2.47. The third-order valence-electron chi connectivity index (χ3n) is 4.24. The van der Waals surface area contributed by atoms with Crippen LogP contribution in [0.25, 0.3) is 0 Å². The highest BCUT2D eigenvalue weighted by Crippen LogP contribution is 2.20. The minimum atomic E-state index is -0.988.